The molecule has 6 aromatic carbocycles. The number of ether oxygens (including phenoxy) is 2. The molecule has 0 aliphatic carbocycles. The van der Waals surface area contributed by atoms with E-state index in [0.29, 0.717) is 13.2 Å². The molecule has 0 aliphatic rings. The van der Waals surface area contributed by atoms with Gasteiger partial charge in [-0.15, -0.1) is 22.7 Å². The Labute approximate surface area is 384 Å². The molecule has 10 rings (SSSR count). The Hall–Kier alpha value is -5.60. The Balaban J connectivity index is 0.00000187. The Morgan fingerprint density at radius 2 is 0.787 bits per heavy atom. The summed E-state index contributed by atoms with van der Waals surface area (Å²) in [6.07, 6.45) is 1.57. The van der Waals surface area contributed by atoms with Gasteiger partial charge in [0.15, 0.2) is 0 Å². The Kier molecular flexibility index (Phi) is 13.0. The molecule has 6 nitrogen and oxygen atoms in total. The molecule has 0 unspecified atom stereocenters. The van der Waals surface area contributed by atoms with Crippen LogP contribution in [0.1, 0.15) is 24.0 Å². The first kappa shape index (κ1) is 43.5. The van der Waals surface area contributed by atoms with Crippen molar-refractivity contribution >= 4 is 66.3 Å². The van der Waals surface area contributed by atoms with E-state index in [-0.39, 0.29) is 52.6 Å². The van der Waals surface area contributed by atoms with Crippen LogP contribution in [-0.2, 0) is 26.2 Å². The molecule has 0 aliphatic heterocycles. The monoisotopic (exact) mass is 916 g/mol. The Morgan fingerprint density at radius 3 is 1.13 bits per heavy atom. The molecule has 0 atom stereocenters. The van der Waals surface area contributed by atoms with Crippen LogP contribution in [0, 0.1) is 28.7 Å². The molecular formula is C52H46N2O4S2Zr. The SMILES string of the molecule is Cc1cc(-c2cscc2OCCCCOc2cscc2-c2cc(C)cc(-n3c4ccccc4c4ccccc43)c2O)c(O)c(-n2c3ccccc3c3ccccc32)c1.[CH3-].[CH3-].[Zr+2]. The van der Waals surface area contributed by atoms with Crippen LogP contribution in [0.5, 0.6) is 23.0 Å². The Bertz CT molecular complexity index is 2840. The van der Waals surface area contributed by atoms with Crippen LogP contribution in [0.4, 0.5) is 0 Å². The number of benzene rings is 6. The molecule has 0 saturated carbocycles. The molecule has 0 radical (unpaired) electrons. The van der Waals surface area contributed by atoms with E-state index >= 15 is 0 Å². The second-order valence-corrected chi connectivity index (χ2v) is 16.3. The van der Waals surface area contributed by atoms with Crippen molar-refractivity contribution < 1.29 is 45.9 Å². The number of aryl methyl sites for hydroxylation is 2. The maximum Gasteiger partial charge on any atom is 2.00 e. The normalized spacial score (nSPS) is 11.1. The number of fused-ring (bicyclic) bond motifs is 6. The van der Waals surface area contributed by atoms with Crippen molar-refractivity contribution in [3.05, 3.63) is 169 Å². The molecule has 0 bridgehead atoms. The molecule has 2 N–H and O–H groups in total. The standard InChI is InChI=1S/C50H40N2O4S2.2CH3.Zr/c1-31-23-37(49(53)45(25-31)51-41-17-7-3-13-33(41)34-14-4-8-18-42(34)51)39-27-57-29-47(39)55-21-11-12-22-56-48-30-58-28-40(48)38-24-32(2)26-46(50(38)54)52-43-19-9-5-15-35(43)36-16-6-10-20-44(36)52;;;/h3-10,13-20,23-30,53-54H,11-12,21-22H2,1-2H3;2*1H3;/q;2*-1;+2. The molecule has 10 aromatic rings. The number of hydrogen-bond acceptors (Lipinski definition) is 6. The topological polar surface area (TPSA) is 68.8 Å². The summed E-state index contributed by atoms with van der Waals surface area (Å²) in [5.74, 6) is 1.97. The summed E-state index contributed by atoms with van der Waals surface area (Å²) in [7, 11) is 0. The van der Waals surface area contributed by atoms with E-state index in [9.17, 15) is 10.2 Å². The van der Waals surface area contributed by atoms with Crippen molar-refractivity contribution in [2.24, 2.45) is 0 Å². The van der Waals surface area contributed by atoms with Crippen LogP contribution < -0.4 is 9.47 Å². The van der Waals surface area contributed by atoms with Gasteiger partial charge < -0.3 is 43.7 Å². The summed E-state index contributed by atoms with van der Waals surface area (Å²) in [5.41, 5.74) is 11.1. The molecule has 304 valence electrons. The average molecular weight is 918 g/mol. The van der Waals surface area contributed by atoms with Gasteiger partial charge in [0, 0.05) is 65.3 Å². The van der Waals surface area contributed by atoms with Gasteiger partial charge in [0.1, 0.15) is 23.0 Å². The zero-order chi connectivity index (χ0) is 39.3. The van der Waals surface area contributed by atoms with Gasteiger partial charge in [0.2, 0.25) is 0 Å². The maximum absolute atomic E-state index is 11.9. The second-order valence-electron chi connectivity index (χ2n) is 14.8. The molecule has 0 saturated heterocycles. The zero-order valence-corrected chi connectivity index (χ0v) is 38.7. The molecular weight excluding hydrogens is 872 g/mol. The Morgan fingerprint density at radius 1 is 0.459 bits per heavy atom. The van der Waals surface area contributed by atoms with Crippen LogP contribution in [0.25, 0.3) is 77.2 Å². The number of phenolic OH excluding ortho intramolecular Hbond substituents is 2. The van der Waals surface area contributed by atoms with E-state index < -0.39 is 0 Å². The number of para-hydroxylation sites is 4. The van der Waals surface area contributed by atoms with Crippen LogP contribution in [0.15, 0.2) is 143 Å². The predicted molar refractivity (Wildman–Crippen MR) is 254 cm³/mol. The average Bonchev–Trinajstić information content (AvgIpc) is 4.05. The largest absolute Gasteiger partial charge is 2.00 e. The molecule has 9 heteroatoms. The van der Waals surface area contributed by atoms with Crippen LogP contribution in [0.3, 0.4) is 0 Å². The molecule has 0 fully saturated rings. The predicted octanol–water partition coefficient (Wildman–Crippen LogP) is 14.5. The summed E-state index contributed by atoms with van der Waals surface area (Å²) in [6, 6.07) is 41.5. The van der Waals surface area contributed by atoms with Gasteiger partial charge in [-0.05, 0) is 86.3 Å². The van der Waals surface area contributed by atoms with Gasteiger partial charge in [-0.2, -0.15) is 0 Å². The van der Waals surface area contributed by atoms with Crippen LogP contribution in [-0.4, -0.2) is 32.6 Å². The molecule has 0 spiro atoms. The van der Waals surface area contributed by atoms with E-state index in [4.69, 9.17) is 9.47 Å². The summed E-state index contributed by atoms with van der Waals surface area (Å²) < 4.78 is 17.1. The van der Waals surface area contributed by atoms with Crippen molar-refractivity contribution in [1.82, 2.24) is 9.13 Å². The van der Waals surface area contributed by atoms with E-state index in [1.165, 1.54) is 0 Å². The van der Waals surface area contributed by atoms with Gasteiger partial charge in [-0.3, -0.25) is 0 Å². The van der Waals surface area contributed by atoms with Crippen LogP contribution >= 0.6 is 22.7 Å². The second kappa shape index (κ2) is 18.2. The van der Waals surface area contributed by atoms with Crippen molar-refractivity contribution in [3.8, 4) is 56.6 Å². The molecule has 61 heavy (non-hydrogen) atoms. The summed E-state index contributed by atoms with van der Waals surface area (Å²) in [4.78, 5) is 0. The van der Waals surface area contributed by atoms with Crippen LogP contribution in [0.2, 0.25) is 0 Å². The minimum Gasteiger partial charge on any atom is -0.505 e. The quantitative estimate of drug-likeness (QED) is 0.100. The summed E-state index contributed by atoms with van der Waals surface area (Å²) >= 11 is 3.13. The fourth-order valence-electron chi connectivity index (χ4n) is 8.39. The zero-order valence-electron chi connectivity index (χ0n) is 34.6. The third-order valence-electron chi connectivity index (χ3n) is 11.0. The fraction of sp³-hybridized carbons (Fsp3) is 0.115. The number of phenols is 2. The number of rotatable bonds is 11. The van der Waals surface area contributed by atoms with Crippen molar-refractivity contribution in [2.75, 3.05) is 13.2 Å². The third kappa shape index (κ3) is 7.69. The number of nitrogens with zero attached hydrogens (tertiary/aromatic N) is 2. The summed E-state index contributed by atoms with van der Waals surface area (Å²) in [6.45, 7) is 5.15. The first-order valence-corrected chi connectivity index (χ1v) is 21.4. The third-order valence-corrected chi connectivity index (χ3v) is 12.4. The van der Waals surface area contributed by atoms with Crippen molar-refractivity contribution in [1.29, 1.82) is 0 Å². The first-order chi connectivity index (χ1) is 28.5. The number of hydrogen-bond donors (Lipinski definition) is 2. The smallest absolute Gasteiger partial charge is 0.505 e. The molecule has 4 aromatic heterocycles. The number of aromatic nitrogens is 2. The van der Waals surface area contributed by atoms with E-state index in [1.807, 2.05) is 57.9 Å². The van der Waals surface area contributed by atoms with Gasteiger partial charge in [0.25, 0.3) is 0 Å². The number of thiophene rings is 2. The van der Waals surface area contributed by atoms with E-state index in [0.717, 1.165) is 113 Å². The molecule has 4 heterocycles. The van der Waals surface area contributed by atoms with Gasteiger partial charge in [-0.1, -0.05) is 72.8 Å². The maximum atomic E-state index is 11.9. The first-order valence-electron chi connectivity index (χ1n) is 19.5. The number of aromatic hydroxyl groups is 2. The van der Waals surface area contributed by atoms with E-state index in [1.54, 1.807) is 22.7 Å². The minimum absolute atomic E-state index is 0. The van der Waals surface area contributed by atoms with Gasteiger partial charge in [-0.25, -0.2) is 0 Å². The van der Waals surface area contributed by atoms with Gasteiger partial charge in [0.05, 0.1) is 46.7 Å². The van der Waals surface area contributed by atoms with E-state index in [2.05, 4.69) is 108 Å². The fourth-order valence-corrected chi connectivity index (χ4v) is 9.92. The number of unbranched alkanes of at least 4 members (excludes halogenated alkanes) is 1. The van der Waals surface area contributed by atoms with Gasteiger partial charge >= 0.3 is 26.2 Å². The minimum atomic E-state index is 0. The summed E-state index contributed by atoms with van der Waals surface area (Å²) in [5, 5.41) is 36.5. The molecule has 0 amide bonds. The van der Waals surface area contributed by atoms with Crippen molar-refractivity contribution in [2.45, 2.75) is 26.7 Å². The van der Waals surface area contributed by atoms with Crippen molar-refractivity contribution in [3.63, 3.8) is 0 Å².